The highest BCUT2D eigenvalue weighted by molar-refractivity contribution is 7.19. The van der Waals surface area contributed by atoms with E-state index in [2.05, 4.69) is 28.9 Å². The van der Waals surface area contributed by atoms with E-state index in [0.29, 0.717) is 36.4 Å². The molecule has 5 rings (SSSR count). The summed E-state index contributed by atoms with van der Waals surface area (Å²) in [6.07, 6.45) is 5.71. The topological polar surface area (TPSA) is 93.1 Å². The molecule has 1 amide bonds. The molecule has 0 spiro atoms. The van der Waals surface area contributed by atoms with Gasteiger partial charge in [0.1, 0.15) is 5.65 Å². The molecule has 1 aliphatic heterocycles. The van der Waals surface area contributed by atoms with Crippen molar-refractivity contribution in [2.45, 2.75) is 33.1 Å². The van der Waals surface area contributed by atoms with Crippen LogP contribution in [0.2, 0.25) is 0 Å². The largest absolute Gasteiger partial charge is 0.346 e. The van der Waals surface area contributed by atoms with Gasteiger partial charge in [-0.25, -0.2) is 14.7 Å². The number of carbonyl (C=O) groups excluding carboxylic acids is 1. The van der Waals surface area contributed by atoms with Gasteiger partial charge in [-0.05, 0) is 36.5 Å². The summed E-state index contributed by atoms with van der Waals surface area (Å²) in [6, 6.07) is 3.91. The van der Waals surface area contributed by atoms with E-state index in [1.807, 2.05) is 18.3 Å². The van der Waals surface area contributed by atoms with Gasteiger partial charge in [0.25, 0.3) is 11.5 Å². The molecule has 1 aliphatic rings. The summed E-state index contributed by atoms with van der Waals surface area (Å²) in [4.78, 5) is 40.7. The number of pyridine rings is 1. The Morgan fingerprint density at radius 3 is 2.97 bits per heavy atom. The fraction of sp³-hybridized carbons (Fsp3) is 0.391. The number of nitrogens with zero attached hydrogens (tertiary/aromatic N) is 4. The third kappa shape index (κ3) is 3.51. The first kappa shape index (κ1) is 20.8. The van der Waals surface area contributed by atoms with Crippen LogP contribution in [0.5, 0.6) is 0 Å². The number of aryl methyl sites for hydroxylation is 1. The fourth-order valence-corrected chi connectivity index (χ4v) is 5.55. The van der Waals surface area contributed by atoms with Crippen molar-refractivity contribution >= 4 is 38.4 Å². The lowest BCUT2D eigenvalue weighted by atomic mass is 10.0. The molecule has 32 heavy (non-hydrogen) atoms. The molecule has 0 atom stereocenters. The number of hydrogen-bond acceptors (Lipinski definition) is 6. The van der Waals surface area contributed by atoms with Crippen molar-refractivity contribution < 1.29 is 9.63 Å². The van der Waals surface area contributed by atoms with Crippen LogP contribution in [-0.2, 0) is 24.7 Å². The molecule has 4 aromatic heterocycles. The van der Waals surface area contributed by atoms with Gasteiger partial charge in [-0.1, -0.05) is 13.8 Å². The van der Waals surface area contributed by atoms with Gasteiger partial charge < -0.3 is 4.98 Å². The summed E-state index contributed by atoms with van der Waals surface area (Å²) in [5.74, 6) is 0.120. The van der Waals surface area contributed by atoms with Crippen LogP contribution >= 0.6 is 11.3 Å². The Kier molecular flexibility index (Phi) is 5.30. The quantitative estimate of drug-likeness (QED) is 0.502. The lowest BCUT2D eigenvalue weighted by Crippen LogP contribution is -2.29. The normalized spacial score (nSPS) is 14.3. The number of thiophene rings is 1. The van der Waals surface area contributed by atoms with Crippen molar-refractivity contribution in [3.63, 3.8) is 0 Å². The maximum Gasteiger partial charge on any atom is 0.279 e. The number of nitrogens with one attached hydrogen (secondary N) is 1. The van der Waals surface area contributed by atoms with Crippen LogP contribution in [0.15, 0.2) is 29.3 Å². The second-order valence-electron chi connectivity index (χ2n) is 8.56. The van der Waals surface area contributed by atoms with Crippen LogP contribution in [0.3, 0.4) is 0 Å². The molecule has 4 aromatic rings. The average molecular weight is 452 g/mol. The number of aromatic amines is 1. The Bertz CT molecular complexity index is 1380. The van der Waals surface area contributed by atoms with E-state index >= 15 is 0 Å². The molecular weight excluding hydrogens is 426 g/mol. The zero-order valence-electron chi connectivity index (χ0n) is 18.3. The number of fused-ring (bicyclic) bond motifs is 2. The first-order valence-corrected chi connectivity index (χ1v) is 11.6. The summed E-state index contributed by atoms with van der Waals surface area (Å²) in [7, 11) is 1.65. The molecule has 1 saturated heterocycles. The molecule has 0 radical (unpaired) electrons. The van der Waals surface area contributed by atoms with Crippen molar-refractivity contribution in [1.82, 2.24) is 24.8 Å². The van der Waals surface area contributed by atoms with E-state index in [9.17, 15) is 9.59 Å². The second kappa shape index (κ2) is 8.14. The SMILES string of the molecule is CC(C)Cc1nn(C)c(=O)c2c(C(=O)N3CCCO3)c(Cc3c[nH]c4ncccc34)sc12. The summed E-state index contributed by atoms with van der Waals surface area (Å²) < 4.78 is 2.16. The minimum absolute atomic E-state index is 0.250. The first-order valence-electron chi connectivity index (χ1n) is 10.8. The summed E-state index contributed by atoms with van der Waals surface area (Å²) in [6.45, 7) is 5.28. The Morgan fingerprint density at radius 2 is 2.22 bits per heavy atom. The summed E-state index contributed by atoms with van der Waals surface area (Å²) in [5, 5.41) is 7.40. The lowest BCUT2D eigenvalue weighted by Gasteiger charge is -2.15. The summed E-state index contributed by atoms with van der Waals surface area (Å²) in [5.41, 5.74) is 2.88. The molecule has 1 N–H and O–H groups in total. The van der Waals surface area contributed by atoms with Crippen LogP contribution < -0.4 is 5.56 Å². The molecule has 0 bridgehead atoms. The maximum atomic E-state index is 13.6. The molecular formula is C23H25N5O3S. The highest BCUT2D eigenvalue weighted by Crippen LogP contribution is 2.35. The Balaban J connectivity index is 1.73. The number of amides is 1. The zero-order chi connectivity index (χ0) is 22.4. The molecule has 9 heteroatoms. The minimum Gasteiger partial charge on any atom is -0.346 e. The van der Waals surface area contributed by atoms with Crippen molar-refractivity contribution in [2.75, 3.05) is 13.2 Å². The fourth-order valence-electron chi connectivity index (χ4n) is 4.25. The first-order chi connectivity index (χ1) is 15.4. The van der Waals surface area contributed by atoms with Crippen molar-refractivity contribution in [3.8, 4) is 0 Å². The number of carbonyl (C=O) groups is 1. The molecule has 8 nitrogen and oxygen atoms in total. The predicted octanol–water partition coefficient (Wildman–Crippen LogP) is 3.44. The Morgan fingerprint density at radius 1 is 1.38 bits per heavy atom. The van der Waals surface area contributed by atoms with Crippen molar-refractivity contribution in [2.24, 2.45) is 13.0 Å². The molecule has 1 fully saturated rings. The number of hydroxylamine groups is 2. The third-order valence-electron chi connectivity index (χ3n) is 5.70. The van der Waals surface area contributed by atoms with Crippen molar-refractivity contribution in [3.05, 3.63) is 56.6 Å². The molecule has 0 aliphatic carbocycles. The average Bonchev–Trinajstić information content (AvgIpc) is 3.51. The van der Waals surface area contributed by atoms with E-state index in [1.165, 1.54) is 21.1 Å². The van der Waals surface area contributed by atoms with Gasteiger partial charge in [0, 0.05) is 36.1 Å². The zero-order valence-corrected chi connectivity index (χ0v) is 19.2. The lowest BCUT2D eigenvalue weighted by molar-refractivity contribution is -0.0767. The third-order valence-corrected chi connectivity index (χ3v) is 6.94. The maximum absolute atomic E-state index is 13.6. The standard InChI is InChI=1S/C23H25N5O3S/c1-13(2)10-16-20-19(22(29)27(3)26-16)18(23(30)28-8-5-9-31-28)17(32-20)11-14-12-25-21-15(14)6-4-7-24-21/h4,6-7,12-13H,5,8-11H2,1-3H3,(H,24,25). The van der Waals surface area contributed by atoms with Crippen LogP contribution in [0.4, 0.5) is 0 Å². The molecule has 0 saturated carbocycles. The van der Waals surface area contributed by atoms with Gasteiger partial charge in [0.2, 0.25) is 0 Å². The molecule has 0 unspecified atom stereocenters. The molecule has 0 aromatic carbocycles. The van der Waals surface area contributed by atoms with Gasteiger partial charge in [0.15, 0.2) is 0 Å². The monoisotopic (exact) mass is 451 g/mol. The van der Waals surface area contributed by atoms with Gasteiger partial charge in [-0.3, -0.25) is 14.4 Å². The minimum atomic E-state index is -0.252. The second-order valence-corrected chi connectivity index (χ2v) is 9.67. The highest BCUT2D eigenvalue weighted by Gasteiger charge is 2.30. The molecule has 166 valence electrons. The number of rotatable bonds is 5. The Hall–Kier alpha value is -3.04. The van der Waals surface area contributed by atoms with Gasteiger partial charge in [0.05, 0.1) is 34.5 Å². The van der Waals surface area contributed by atoms with E-state index in [-0.39, 0.29) is 11.5 Å². The van der Waals surface area contributed by atoms with Crippen LogP contribution in [0, 0.1) is 5.92 Å². The van der Waals surface area contributed by atoms with E-state index in [4.69, 9.17) is 4.84 Å². The number of aromatic nitrogens is 4. The molecule has 5 heterocycles. The van der Waals surface area contributed by atoms with Crippen LogP contribution in [0.1, 0.15) is 46.8 Å². The smallest absolute Gasteiger partial charge is 0.279 e. The van der Waals surface area contributed by atoms with Gasteiger partial charge in [-0.15, -0.1) is 11.3 Å². The van der Waals surface area contributed by atoms with E-state index in [1.54, 1.807) is 13.2 Å². The highest BCUT2D eigenvalue weighted by atomic mass is 32.1. The Labute approximate surface area is 188 Å². The van der Waals surface area contributed by atoms with Crippen molar-refractivity contribution in [1.29, 1.82) is 0 Å². The predicted molar refractivity (Wildman–Crippen MR) is 124 cm³/mol. The number of H-pyrrole nitrogens is 1. The van der Waals surface area contributed by atoms with E-state index in [0.717, 1.165) is 44.7 Å². The van der Waals surface area contributed by atoms with Gasteiger partial charge in [-0.2, -0.15) is 5.10 Å². The van der Waals surface area contributed by atoms with E-state index < -0.39 is 0 Å². The number of hydrogen-bond donors (Lipinski definition) is 1. The van der Waals surface area contributed by atoms with Gasteiger partial charge >= 0.3 is 0 Å². The van der Waals surface area contributed by atoms with Crippen LogP contribution in [0.25, 0.3) is 21.1 Å². The van der Waals surface area contributed by atoms with Crippen LogP contribution in [-0.4, -0.2) is 43.9 Å². The summed E-state index contributed by atoms with van der Waals surface area (Å²) >= 11 is 1.50.